The Morgan fingerprint density at radius 1 is 1.00 bits per heavy atom. The molecule has 2 fully saturated rings. The summed E-state index contributed by atoms with van der Waals surface area (Å²) in [6.07, 6.45) is 0.686. The van der Waals surface area contributed by atoms with Crippen molar-refractivity contribution < 1.29 is 22.8 Å². The number of carbonyl (C=O) groups is 2. The van der Waals surface area contributed by atoms with Crippen LogP contribution in [0.1, 0.15) is 43.2 Å². The maximum absolute atomic E-state index is 12.6. The third kappa shape index (κ3) is 6.45. The molecule has 30 heavy (non-hydrogen) atoms. The van der Waals surface area contributed by atoms with E-state index in [4.69, 9.17) is 0 Å². The average Bonchev–Trinajstić information content (AvgIpc) is 3.27. The number of alkyl halides is 3. The lowest BCUT2D eigenvalue weighted by molar-refractivity contribution is -0.138. The summed E-state index contributed by atoms with van der Waals surface area (Å²) in [6.45, 7) is 4.40. The van der Waals surface area contributed by atoms with Gasteiger partial charge in [0, 0.05) is 51.6 Å². The van der Waals surface area contributed by atoms with Gasteiger partial charge in [0.2, 0.25) is 11.8 Å². The predicted molar refractivity (Wildman–Crippen MR) is 108 cm³/mol. The summed E-state index contributed by atoms with van der Waals surface area (Å²) < 4.78 is 37.7. The van der Waals surface area contributed by atoms with E-state index in [1.165, 1.54) is 12.1 Å². The molecular weight excluding hydrogens is 395 g/mol. The molecular formula is C22H30F3N3O2. The Morgan fingerprint density at radius 2 is 1.63 bits per heavy atom. The van der Waals surface area contributed by atoms with Gasteiger partial charge >= 0.3 is 6.18 Å². The molecule has 1 saturated heterocycles. The number of carbonyl (C=O) groups excluding carboxylic acids is 2. The van der Waals surface area contributed by atoms with Crippen molar-refractivity contribution >= 4 is 11.8 Å². The van der Waals surface area contributed by atoms with Crippen molar-refractivity contribution in [3.05, 3.63) is 35.4 Å². The standard InChI is InChI=1S/C22H30F3N3O2/c23-22(24,25)19-8-5-17(6-9-19)7-10-20(29)26-11-12-27-13-15-28(16-14-27)21(30)18-3-1-2-4-18/h5-6,8-9,18H,1-4,7,10-16H2,(H,26,29). The van der Waals surface area contributed by atoms with Gasteiger partial charge in [-0.1, -0.05) is 25.0 Å². The molecule has 0 aromatic heterocycles. The maximum Gasteiger partial charge on any atom is 0.416 e. The van der Waals surface area contributed by atoms with E-state index in [1.54, 1.807) is 0 Å². The Balaban J connectivity index is 1.29. The predicted octanol–water partition coefficient (Wildman–Crippen LogP) is 3.09. The van der Waals surface area contributed by atoms with Gasteiger partial charge in [-0.2, -0.15) is 13.2 Å². The lowest BCUT2D eigenvalue weighted by atomic mass is 10.1. The van der Waals surface area contributed by atoms with Crippen LogP contribution < -0.4 is 5.32 Å². The maximum atomic E-state index is 12.6. The minimum absolute atomic E-state index is 0.107. The number of benzene rings is 1. The van der Waals surface area contributed by atoms with Gasteiger partial charge in [0.15, 0.2) is 0 Å². The topological polar surface area (TPSA) is 52.7 Å². The lowest BCUT2D eigenvalue weighted by Crippen LogP contribution is -2.51. The minimum atomic E-state index is -4.34. The van der Waals surface area contributed by atoms with E-state index in [0.29, 0.717) is 24.4 Å². The highest BCUT2D eigenvalue weighted by molar-refractivity contribution is 5.79. The number of rotatable bonds is 7. The van der Waals surface area contributed by atoms with E-state index >= 15 is 0 Å². The number of hydrogen-bond donors (Lipinski definition) is 1. The molecule has 2 amide bonds. The van der Waals surface area contributed by atoms with Crippen LogP contribution in [0.4, 0.5) is 13.2 Å². The Hall–Kier alpha value is -2.09. The van der Waals surface area contributed by atoms with Crippen LogP contribution in [0.5, 0.6) is 0 Å². The quantitative estimate of drug-likeness (QED) is 0.731. The second-order valence-corrected chi connectivity index (χ2v) is 8.19. The first-order chi connectivity index (χ1) is 14.3. The van der Waals surface area contributed by atoms with Gasteiger partial charge in [-0.15, -0.1) is 0 Å². The number of piperazine rings is 1. The molecule has 1 aromatic carbocycles. The monoisotopic (exact) mass is 425 g/mol. The van der Waals surface area contributed by atoms with Crippen molar-refractivity contribution in [2.75, 3.05) is 39.3 Å². The van der Waals surface area contributed by atoms with Crippen LogP contribution in [0.15, 0.2) is 24.3 Å². The zero-order valence-corrected chi connectivity index (χ0v) is 17.2. The van der Waals surface area contributed by atoms with Crippen LogP contribution in [0, 0.1) is 5.92 Å². The van der Waals surface area contributed by atoms with Crippen LogP contribution in [-0.2, 0) is 22.2 Å². The Kier molecular flexibility index (Phi) is 7.75. The molecule has 0 atom stereocenters. The fourth-order valence-corrected chi connectivity index (χ4v) is 4.18. The van der Waals surface area contributed by atoms with Crippen molar-refractivity contribution in [3.8, 4) is 0 Å². The second-order valence-electron chi connectivity index (χ2n) is 8.19. The van der Waals surface area contributed by atoms with Crippen molar-refractivity contribution in [2.45, 2.75) is 44.7 Å². The van der Waals surface area contributed by atoms with Crippen LogP contribution in [0.25, 0.3) is 0 Å². The number of nitrogens with zero attached hydrogens (tertiary/aromatic N) is 2. The van der Waals surface area contributed by atoms with Gasteiger partial charge in [0.1, 0.15) is 0 Å². The van der Waals surface area contributed by atoms with Crippen LogP contribution in [0.3, 0.4) is 0 Å². The molecule has 3 rings (SSSR count). The summed E-state index contributed by atoms with van der Waals surface area (Å²) >= 11 is 0. The zero-order valence-electron chi connectivity index (χ0n) is 17.2. The molecule has 2 aliphatic rings. The van der Waals surface area contributed by atoms with Gasteiger partial charge in [0.05, 0.1) is 5.56 Å². The SMILES string of the molecule is O=C(CCc1ccc(C(F)(F)F)cc1)NCCN1CCN(C(=O)C2CCCC2)CC1. The molecule has 5 nitrogen and oxygen atoms in total. The Labute approximate surface area is 175 Å². The van der Waals surface area contributed by atoms with E-state index in [1.807, 2.05) is 4.90 Å². The molecule has 0 radical (unpaired) electrons. The second kappa shape index (κ2) is 10.3. The fraction of sp³-hybridized carbons (Fsp3) is 0.636. The molecule has 0 bridgehead atoms. The van der Waals surface area contributed by atoms with E-state index in [2.05, 4.69) is 10.2 Å². The molecule has 1 heterocycles. The summed E-state index contributed by atoms with van der Waals surface area (Å²) in [5, 5.41) is 2.87. The first-order valence-corrected chi connectivity index (χ1v) is 10.8. The molecule has 8 heteroatoms. The highest BCUT2D eigenvalue weighted by atomic mass is 19.4. The van der Waals surface area contributed by atoms with Gasteiger partial charge in [-0.25, -0.2) is 0 Å². The molecule has 166 valence electrons. The van der Waals surface area contributed by atoms with Gasteiger partial charge < -0.3 is 10.2 Å². The van der Waals surface area contributed by atoms with Crippen molar-refractivity contribution in [3.63, 3.8) is 0 Å². The summed E-state index contributed by atoms with van der Waals surface area (Å²) in [6, 6.07) is 4.93. The number of aryl methyl sites for hydroxylation is 1. The van der Waals surface area contributed by atoms with E-state index in [9.17, 15) is 22.8 Å². The zero-order chi connectivity index (χ0) is 21.6. The number of amides is 2. The Morgan fingerprint density at radius 3 is 2.23 bits per heavy atom. The highest BCUT2D eigenvalue weighted by Crippen LogP contribution is 2.29. The molecule has 1 aliphatic heterocycles. The molecule has 1 N–H and O–H groups in total. The molecule has 0 unspecified atom stereocenters. The highest BCUT2D eigenvalue weighted by Gasteiger charge is 2.30. The largest absolute Gasteiger partial charge is 0.416 e. The smallest absolute Gasteiger partial charge is 0.355 e. The van der Waals surface area contributed by atoms with Gasteiger partial charge in [-0.05, 0) is 37.0 Å². The van der Waals surface area contributed by atoms with E-state index in [0.717, 1.165) is 70.5 Å². The van der Waals surface area contributed by atoms with E-state index < -0.39 is 11.7 Å². The van der Waals surface area contributed by atoms with Crippen LogP contribution >= 0.6 is 0 Å². The van der Waals surface area contributed by atoms with Crippen molar-refractivity contribution in [1.29, 1.82) is 0 Å². The van der Waals surface area contributed by atoms with Crippen molar-refractivity contribution in [1.82, 2.24) is 15.1 Å². The fourth-order valence-electron chi connectivity index (χ4n) is 4.18. The third-order valence-corrected chi connectivity index (χ3v) is 6.06. The summed E-state index contributed by atoms with van der Waals surface area (Å²) in [5.74, 6) is 0.425. The van der Waals surface area contributed by atoms with Gasteiger partial charge in [0.25, 0.3) is 0 Å². The first kappa shape index (κ1) is 22.6. The normalized spacial score (nSPS) is 18.6. The lowest BCUT2D eigenvalue weighted by Gasteiger charge is -2.36. The van der Waals surface area contributed by atoms with Crippen LogP contribution in [-0.4, -0.2) is 60.9 Å². The van der Waals surface area contributed by atoms with Crippen molar-refractivity contribution in [2.24, 2.45) is 5.92 Å². The summed E-state index contributed by atoms with van der Waals surface area (Å²) in [4.78, 5) is 28.7. The Bertz CT molecular complexity index is 707. The molecule has 0 spiro atoms. The molecule has 1 saturated carbocycles. The number of hydrogen-bond acceptors (Lipinski definition) is 3. The van der Waals surface area contributed by atoms with Gasteiger partial charge in [-0.3, -0.25) is 14.5 Å². The third-order valence-electron chi connectivity index (χ3n) is 6.06. The van der Waals surface area contributed by atoms with E-state index in [-0.39, 0.29) is 18.2 Å². The first-order valence-electron chi connectivity index (χ1n) is 10.8. The summed E-state index contributed by atoms with van der Waals surface area (Å²) in [7, 11) is 0. The van der Waals surface area contributed by atoms with Crippen LogP contribution in [0.2, 0.25) is 0 Å². The number of halogens is 3. The molecule has 1 aromatic rings. The number of nitrogens with one attached hydrogen (secondary N) is 1. The summed E-state index contributed by atoms with van der Waals surface area (Å²) in [5.41, 5.74) is 0.0296. The average molecular weight is 425 g/mol. The minimum Gasteiger partial charge on any atom is -0.355 e. The molecule has 1 aliphatic carbocycles.